The lowest BCUT2D eigenvalue weighted by atomic mass is 10.2. The van der Waals surface area contributed by atoms with E-state index in [4.69, 9.17) is 11.6 Å². The highest BCUT2D eigenvalue weighted by Gasteiger charge is 1.93. The first-order valence-electron chi connectivity index (χ1n) is 3.77. The second-order valence-corrected chi connectivity index (χ2v) is 4.41. The number of halogens is 2. The largest absolute Gasteiger partial charge is 0.0848 e. The van der Waals surface area contributed by atoms with E-state index in [2.05, 4.69) is 28.9 Å². The second-order valence-electron chi connectivity index (χ2n) is 2.56. The average Bonchev–Trinajstić information content (AvgIpc) is 2.03. The van der Waals surface area contributed by atoms with Crippen molar-refractivity contribution in [3.8, 4) is 0 Å². The van der Waals surface area contributed by atoms with Crippen LogP contribution < -0.4 is 0 Å². The molecule has 0 aliphatic rings. The molecule has 2 heteroatoms. The highest BCUT2D eigenvalue weighted by molar-refractivity contribution is 9.09. The van der Waals surface area contributed by atoms with E-state index in [1.807, 2.05) is 30.3 Å². The number of hydrogen-bond acceptors (Lipinski definition) is 0. The van der Waals surface area contributed by atoms with E-state index in [1.165, 1.54) is 0 Å². The van der Waals surface area contributed by atoms with Gasteiger partial charge < -0.3 is 0 Å². The van der Waals surface area contributed by atoms with E-state index < -0.39 is 0 Å². The van der Waals surface area contributed by atoms with Crippen LogP contribution in [0.25, 0.3) is 6.08 Å². The molecule has 0 bridgehead atoms. The van der Waals surface area contributed by atoms with Gasteiger partial charge in [0.15, 0.2) is 0 Å². The Hall–Kier alpha value is -0.270. The van der Waals surface area contributed by atoms with Gasteiger partial charge in [-0.1, -0.05) is 57.9 Å². The van der Waals surface area contributed by atoms with Gasteiger partial charge in [0.2, 0.25) is 0 Å². The zero-order valence-corrected chi connectivity index (χ0v) is 9.14. The molecule has 1 rings (SSSR count). The normalized spacial score (nSPS) is 13.6. The van der Waals surface area contributed by atoms with Gasteiger partial charge in [0.1, 0.15) is 0 Å². The van der Waals surface area contributed by atoms with Gasteiger partial charge in [-0.15, -0.1) is 0 Å². The first kappa shape index (κ1) is 9.82. The van der Waals surface area contributed by atoms with Crippen LogP contribution in [-0.4, -0.2) is 4.83 Å². The Balaban J connectivity index is 2.82. The Morgan fingerprint density at radius 2 is 2.08 bits per heavy atom. The van der Waals surface area contributed by atoms with Crippen LogP contribution in [-0.2, 0) is 0 Å². The first-order valence-corrected chi connectivity index (χ1v) is 5.06. The molecule has 0 aromatic heterocycles. The number of benzene rings is 1. The van der Waals surface area contributed by atoms with Crippen LogP contribution in [0.15, 0.2) is 30.3 Å². The zero-order chi connectivity index (χ0) is 8.97. The molecule has 0 fully saturated rings. The highest BCUT2D eigenvalue weighted by Crippen LogP contribution is 2.17. The molecular formula is C10H10BrCl. The van der Waals surface area contributed by atoms with Gasteiger partial charge in [0.05, 0.1) is 0 Å². The van der Waals surface area contributed by atoms with Crippen molar-refractivity contribution in [3.63, 3.8) is 0 Å². The standard InChI is InChI=1S/C10H10BrCl/c1-8(11)6-7-9-4-2-3-5-10(9)12/h2-8H,1H3/b7-6+. The minimum atomic E-state index is 0.383. The van der Waals surface area contributed by atoms with Gasteiger partial charge in [-0.2, -0.15) is 0 Å². The lowest BCUT2D eigenvalue weighted by Gasteiger charge is -1.96. The monoisotopic (exact) mass is 244 g/mol. The summed E-state index contributed by atoms with van der Waals surface area (Å²) >= 11 is 9.37. The summed E-state index contributed by atoms with van der Waals surface area (Å²) in [7, 11) is 0. The van der Waals surface area contributed by atoms with Crippen molar-refractivity contribution in [2.45, 2.75) is 11.8 Å². The molecule has 0 amide bonds. The van der Waals surface area contributed by atoms with Gasteiger partial charge >= 0.3 is 0 Å². The molecule has 0 aliphatic carbocycles. The van der Waals surface area contributed by atoms with E-state index in [1.54, 1.807) is 0 Å². The van der Waals surface area contributed by atoms with E-state index in [9.17, 15) is 0 Å². The lowest BCUT2D eigenvalue weighted by molar-refractivity contribution is 1.28. The van der Waals surface area contributed by atoms with Crippen molar-refractivity contribution < 1.29 is 0 Å². The van der Waals surface area contributed by atoms with Gasteiger partial charge in [-0.3, -0.25) is 0 Å². The number of rotatable bonds is 2. The van der Waals surface area contributed by atoms with Crippen LogP contribution in [0.2, 0.25) is 5.02 Å². The molecule has 64 valence electrons. The fourth-order valence-corrected chi connectivity index (χ4v) is 1.20. The van der Waals surface area contributed by atoms with Crippen LogP contribution in [0, 0.1) is 0 Å². The quantitative estimate of drug-likeness (QED) is 0.687. The number of alkyl halides is 1. The van der Waals surface area contributed by atoms with Crippen molar-refractivity contribution >= 4 is 33.6 Å². The maximum Gasteiger partial charge on any atom is 0.0478 e. The summed E-state index contributed by atoms with van der Waals surface area (Å²) in [5.41, 5.74) is 1.06. The lowest BCUT2D eigenvalue weighted by Crippen LogP contribution is -1.80. The molecule has 0 saturated heterocycles. The van der Waals surface area contributed by atoms with Crippen LogP contribution in [0.1, 0.15) is 12.5 Å². The molecule has 1 aromatic rings. The molecule has 0 radical (unpaired) electrons. The zero-order valence-electron chi connectivity index (χ0n) is 6.80. The minimum absolute atomic E-state index is 0.383. The third-order valence-corrected chi connectivity index (χ3v) is 2.10. The van der Waals surface area contributed by atoms with E-state index in [-0.39, 0.29) is 0 Å². The van der Waals surface area contributed by atoms with E-state index >= 15 is 0 Å². The molecular weight excluding hydrogens is 235 g/mol. The predicted octanol–water partition coefficient (Wildman–Crippen LogP) is 4.14. The summed E-state index contributed by atoms with van der Waals surface area (Å²) in [6.07, 6.45) is 4.07. The molecule has 0 N–H and O–H groups in total. The van der Waals surface area contributed by atoms with Gasteiger partial charge in [-0.25, -0.2) is 0 Å². The maximum absolute atomic E-state index is 5.94. The second kappa shape index (κ2) is 4.68. The van der Waals surface area contributed by atoms with E-state index in [0.717, 1.165) is 10.6 Å². The Kier molecular flexibility index (Phi) is 3.83. The average molecular weight is 246 g/mol. The van der Waals surface area contributed by atoms with Crippen LogP contribution in [0.4, 0.5) is 0 Å². The highest BCUT2D eigenvalue weighted by atomic mass is 79.9. The summed E-state index contributed by atoms with van der Waals surface area (Å²) in [6.45, 7) is 2.06. The molecule has 12 heavy (non-hydrogen) atoms. The van der Waals surface area contributed by atoms with Crippen LogP contribution in [0.3, 0.4) is 0 Å². The van der Waals surface area contributed by atoms with Crippen molar-refractivity contribution in [2.24, 2.45) is 0 Å². The predicted molar refractivity (Wildman–Crippen MR) is 58.9 cm³/mol. The van der Waals surface area contributed by atoms with Gasteiger partial charge in [0.25, 0.3) is 0 Å². The van der Waals surface area contributed by atoms with E-state index in [0.29, 0.717) is 4.83 Å². The van der Waals surface area contributed by atoms with Crippen molar-refractivity contribution in [2.75, 3.05) is 0 Å². The Morgan fingerprint density at radius 3 is 2.67 bits per heavy atom. The van der Waals surface area contributed by atoms with Crippen LogP contribution in [0.5, 0.6) is 0 Å². The first-order chi connectivity index (χ1) is 5.70. The Bertz CT molecular complexity index is 279. The smallest absolute Gasteiger partial charge is 0.0478 e. The fraction of sp³-hybridized carbons (Fsp3) is 0.200. The molecule has 0 nitrogen and oxygen atoms in total. The summed E-state index contributed by atoms with van der Waals surface area (Å²) in [5, 5.41) is 0.793. The summed E-state index contributed by atoms with van der Waals surface area (Å²) in [4.78, 5) is 0.383. The summed E-state index contributed by atoms with van der Waals surface area (Å²) in [5.74, 6) is 0. The third-order valence-electron chi connectivity index (χ3n) is 1.45. The molecule has 0 aliphatic heterocycles. The van der Waals surface area contributed by atoms with Crippen molar-refractivity contribution in [1.29, 1.82) is 0 Å². The minimum Gasteiger partial charge on any atom is -0.0848 e. The molecule has 0 spiro atoms. The Labute approximate surface area is 86.4 Å². The number of allylic oxidation sites excluding steroid dienone is 1. The molecule has 0 saturated carbocycles. The SMILES string of the molecule is CC(Br)/C=C/c1ccccc1Cl. The summed E-state index contributed by atoms with van der Waals surface area (Å²) < 4.78 is 0. The fourth-order valence-electron chi connectivity index (χ4n) is 0.847. The molecule has 1 atom stereocenters. The summed E-state index contributed by atoms with van der Waals surface area (Å²) in [6, 6.07) is 7.79. The maximum atomic E-state index is 5.94. The third kappa shape index (κ3) is 3.00. The van der Waals surface area contributed by atoms with Crippen LogP contribution >= 0.6 is 27.5 Å². The van der Waals surface area contributed by atoms with Gasteiger partial charge in [-0.05, 0) is 18.6 Å². The van der Waals surface area contributed by atoms with Gasteiger partial charge in [0, 0.05) is 9.85 Å². The Morgan fingerprint density at radius 1 is 1.42 bits per heavy atom. The molecule has 1 aromatic carbocycles. The molecule has 0 heterocycles. The van der Waals surface area contributed by atoms with Crippen molar-refractivity contribution in [3.05, 3.63) is 40.9 Å². The van der Waals surface area contributed by atoms with Crippen molar-refractivity contribution in [1.82, 2.24) is 0 Å². The topological polar surface area (TPSA) is 0 Å². The number of hydrogen-bond donors (Lipinski definition) is 0. The molecule has 1 unspecified atom stereocenters.